The Morgan fingerprint density at radius 3 is 2.32 bits per heavy atom. The van der Waals surface area contributed by atoms with Crippen molar-refractivity contribution in [3.8, 4) is 11.5 Å². The van der Waals surface area contributed by atoms with Crippen LogP contribution >= 0.6 is 0 Å². The van der Waals surface area contributed by atoms with Crippen molar-refractivity contribution in [2.24, 2.45) is 0 Å². The van der Waals surface area contributed by atoms with Gasteiger partial charge in [0.1, 0.15) is 17.3 Å². The van der Waals surface area contributed by atoms with Crippen LogP contribution in [0.5, 0.6) is 11.5 Å². The van der Waals surface area contributed by atoms with Crippen molar-refractivity contribution in [3.05, 3.63) is 71.9 Å². The second-order valence-electron chi connectivity index (χ2n) is 6.47. The number of anilines is 1. The number of benzene rings is 2. The Morgan fingerprint density at radius 2 is 1.68 bits per heavy atom. The lowest BCUT2D eigenvalue weighted by molar-refractivity contribution is -0.122. The van der Waals surface area contributed by atoms with Gasteiger partial charge in [0.2, 0.25) is 0 Å². The van der Waals surface area contributed by atoms with Crippen LogP contribution in [0.1, 0.15) is 25.0 Å². The number of ether oxygens (including phenoxy) is 2. The molecule has 0 radical (unpaired) electrons. The number of aromatic nitrogens is 2. The molecule has 0 fully saturated rings. The number of aryl methyl sites for hydroxylation is 1. The van der Waals surface area contributed by atoms with Crippen molar-refractivity contribution in [2.45, 2.75) is 32.9 Å². The summed E-state index contributed by atoms with van der Waals surface area (Å²) in [7, 11) is 1.60. The molecular formula is C22H25N3O3. The van der Waals surface area contributed by atoms with Crippen LogP contribution in [0.4, 0.5) is 5.82 Å². The predicted octanol–water partition coefficient (Wildman–Crippen LogP) is 3.91. The zero-order chi connectivity index (χ0) is 19.9. The minimum Gasteiger partial charge on any atom is -0.497 e. The fraction of sp³-hybridized carbons (Fsp3) is 0.273. The molecule has 0 aliphatic carbocycles. The molecular weight excluding hydrogens is 354 g/mol. The number of methoxy groups -OCH3 is 1. The molecule has 3 aromatic rings. The van der Waals surface area contributed by atoms with Crippen LogP contribution < -0.4 is 14.8 Å². The minimum absolute atomic E-state index is 0.237. The van der Waals surface area contributed by atoms with Crippen LogP contribution in [0.15, 0.2) is 60.8 Å². The largest absolute Gasteiger partial charge is 0.497 e. The number of hydrogen-bond acceptors (Lipinski definition) is 4. The molecule has 146 valence electrons. The van der Waals surface area contributed by atoms with Crippen molar-refractivity contribution < 1.29 is 14.3 Å². The van der Waals surface area contributed by atoms with E-state index in [2.05, 4.69) is 41.6 Å². The molecule has 0 bridgehead atoms. The van der Waals surface area contributed by atoms with Gasteiger partial charge in [-0.25, -0.2) is 4.68 Å². The summed E-state index contributed by atoms with van der Waals surface area (Å²) in [5, 5.41) is 7.20. The van der Waals surface area contributed by atoms with Gasteiger partial charge in [-0.15, -0.1) is 0 Å². The second kappa shape index (κ2) is 9.08. The molecule has 1 amide bonds. The van der Waals surface area contributed by atoms with Crippen LogP contribution in [0.25, 0.3) is 0 Å². The minimum atomic E-state index is -0.652. The zero-order valence-corrected chi connectivity index (χ0v) is 16.4. The number of hydrogen-bond donors (Lipinski definition) is 1. The highest BCUT2D eigenvalue weighted by Crippen LogP contribution is 2.19. The normalized spacial score (nSPS) is 11.7. The highest BCUT2D eigenvalue weighted by molar-refractivity contribution is 5.93. The molecule has 0 spiro atoms. The predicted molar refractivity (Wildman–Crippen MR) is 109 cm³/mol. The molecule has 0 saturated heterocycles. The maximum Gasteiger partial charge on any atom is 0.266 e. The molecule has 2 aromatic carbocycles. The third-order valence-electron chi connectivity index (χ3n) is 4.47. The summed E-state index contributed by atoms with van der Waals surface area (Å²) in [6.45, 7) is 4.43. The van der Waals surface area contributed by atoms with Gasteiger partial charge < -0.3 is 14.8 Å². The zero-order valence-electron chi connectivity index (χ0n) is 16.4. The monoisotopic (exact) mass is 379 g/mol. The first-order chi connectivity index (χ1) is 13.6. The number of carbonyl (C=O) groups is 1. The van der Waals surface area contributed by atoms with E-state index in [1.165, 1.54) is 5.56 Å². The average molecular weight is 379 g/mol. The number of nitrogens with one attached hydrogen (secondary N) is 1. The molecule has 0 aliphatic heterocycles. The summed E-state index contributed by atoms with van der Waals surface area (Å²) in [6.07, 6.45) is 2.03. The van der Waals surface area contributed by atoms with Gasteiger partial charge in [0.05, 0.1) is 19.9 Å². The lowest BCUT2D eigenvalue weighted by atomic mass is 10.1. The standard InChI is InChI=1S/C22H25N3O3/c1-4-17-5-7-18(8-6-17)15-25-21(13-14-23-25)24-22(26)16(2)28-20-11-9-19(27-3)10-12-20/h5-14,16H,4,15H2,1-3H3,(H,24,26). The van der Waals surface area contributed by atoms with Crippen LogP contribution in [0, 0.1) is 0 Å². The van der Waals surface area contributed by atoms with E-state index in [0.717, 1.165) is 17.7 Å². The molecule has 0 saturated carbocycles. The molecule has 6 nitrogen and oxygen atoms in total. The third kappa shape index (κ3) is 4.91. The molecule has 1 heterocycles. The molecule has 3 rings (SSSR count). The van der Waals surface area contributed by atoms with Gasteiger partial charge in [-0.05, 0) is 48.7 Å². The lowest BCUT2D eigenvalue weighted by Crippen LogP contribution is -2.31. The Morgan fingerprint density at radius 1 is 1.04 bits per heavy atom. The third-order valence-corrected chi connectivity index (χ3v) is 4.47. The van der Waals surface area contributed by atoms with E-state index >= 15 is 0 Å². The first-order valence-electron chi connectivity index (χ1n) is 9.30. The van der Waals surface area contributed by atoms with Gasteiger partial charge in [0.15, 0.2) is 6.10 Å². The van der Waals surface area contributed by atoms with E-state index in [0.29, 0.717) is 18.1 Å². The number of nitrogens with zero attached hydrogens (tertiary/aromatic N) is 2. The molecule has 0 aliphatic rings. The van der Waals surface area contributed by atoms with Crippen molar-refractivity contribution in [1.29, 1.82) is 0 Å². The fourth-order valence-electron chi connectivity index (χ4n) is 2.76. The topological polar surface area (TPSA) is 65.4 Å². The van der Waals surface area contributed by atoms with Crippen molar-refractivity contribution in [2.75, 3.05) is 12.4 Å². The Hall–Kier alpha value is -3.28. The lowest BCUT2D eigenvalue weighted by Gasteiger charge is -2.16. The molecule has 1 unspecified atom stereocenters. The summed E-state index contributed by atoms with van der Waals surface area (Å²) in [6, 6.07) is 17.3. The molecule has 1 N–H and O–H groups in total. The van der Waals surface area contributed by atoms with E-state index in [1.54, 1.807) is 55.2 Å². The van der Waals surface area contributed by atoms with Gasteiger partial charge in [0, 0.05) is 6.07 Å². The van der Waals surface area contributed by atoms with Gasteiger partial charge in [0.25, 0.3) is 5.91 Å². The fourth-order valence-corrected chi connectivity index (χ4v) is 2.76. The van der Waals surface area contributed by atoms with Crippen LogP contribution in [0.2, 0.25) is 0 Å². The molecule has 1 aromatic heterocycles. The Labute approximate surface area is 165 Å². The van der Waals surface area contributed by atoms with E-state index in [-0.39, 0.29) is 5.91 Å². The van der Waals surface area contributed by atoms with Crippen LogP contribution in [-0.2, 0) is 17.8 Å². The highest BCUT2D eigenvalue weighted by Gasteiger charge is 2.17. The van der Waals surface area contributed by atoms with Crippen LogP contribution in [0.3, 0.4) is 0 Å². The number of rotatable bonds is 8. The summed E-state index contributed by atoms with van der Waals surface area (Å²) in [5.41, 5.74) is 2.42. The SMILES string of the molecule is CCc1ccc(Cn2nccc2NC(=O)C(C)Oc2ccc(OC)cc2)cc1. The number of amides is 1. The van der Waals surface area contributed by atoms with E-state index in [4.69, 9.17) is 9.47 Å². The van der Waals surface area contributed by atoms with E-state index in [1.807, 2.05) is 0 Å². The van der Waals surface area contributed by atoms with Crippen molar-refractivity contribution >= 4 is 11.7 Å². The quantitative estimate of drug-likeness (QED) is 0.644. The summed E-state index contributed by atoms with van der Waals surface area (Å²) in [4.78, 5) is 12.5. The molecule has 1 atom stereocenters. The number of carbonyl (C=O) groups excluding carboxylic acids is 1. The Kier molecular flexibility index (Phi) is 6.32. The van der Waals surface area contributed by atoms with Crippen molar-refractivity contribution in [3.63, 3.8) is 0 Å². The maximum atomic E-state index is 12.5. The first kappa shape index (κ1) is 19.5. The smallest absolute Gasteiger partial charge is 0.266 e. The van der Waals surface area contributed by atoms with Gasteiger partial charge in [-0.1, -0.05) is 31.2 Å². The highest BCUT2D eigenvalue weighted by atomic mass is 16.5. The molecule has 6 heteroatoms. The van der Waals surface area contributed by atoms with Gasteiger partial charge >= 0.3 is 0 Å². The van der Waals surface area contributed by atoms with Crippen LogP contribution in [-0.4, -0.2) is 28.9 Å². The van der Waals surface area contributed by atoms with Crippen molar-refractivity contribution in [1.82, 2.24) is 9.78 Å². The van der Waals surface area contributed by atoms with E-state index in [9.17, 15) is 4.79 Å². The Bertz CT molecular complexity index is 902. The molecule has 28 heavy (non-hydrogen) atoms. The maximum absolute atomic E-state index is 12.5. The Balaban J connectivity index is 1.61. The average Bonchev–Trinajstić information content (AvgIpc) is 3.15. The van der Waals surface area contributed by atoms with Gasteiger partial charge in [-0.2, -0.15) is 5.10 Å². The first-order valence-corrected chi connectivity index (χ1v) is 9.30. The van der Waals surface area contributed by atoms with Gasteiger partial charge in [-0.3, -0.25) is 4.79 Å². The summed E-state index contributed by atoms with van der Waals surface area (Å²) >= 11 is 0. The van der Waals surface area contributed by atoms with E-state index < -0.39 is 6.10 Å². The second-order valence-corrected chi connectivity index (χ2v) is 6.47. The summed E-state index contributed by atoms with van der Waals surface area (Å²) < 4.78 is 12.6. The summed E-state index contributed by atoms with van der Waals surface area (Å²) in [5.74, 6) is 1.74.